The van der Waals surface area contributed by atoms with Gasteiger partial charge in [-0.2, -0.15) is 0 Å². The van der Waals surface area contributed by atoms with Crippen LogP contribution in [0.15, 0.2) is 36.5 Å². The maximum atomic E-state index is 12.9. The lowest BCUT2D eigenvalue weighted by molar-refractivity contribution is -0.158. The van der Waals surface area contributed by atoms with E-state index in [0.717, 1.165) is 63.0 Å². The molecule has 2 aliphatic rings. The van der Waals surface area contributed by atoms with Gasteiger partial charge in [0, 0.05) is 57.4 Å². The molecule has 2 aromatic rings. The lowest BCUT2D eigenvalue weighted by Gasteiger charge is -2.36. The lowest BCUT2D eigenvalue weighted by atomic mass is 9.97. The summed E-state index contributed by atoms with van der Waals surface area (Å²) >= 11 is 0. The van der Waals surface area contributed by atoms with Crippen molar-refractivity contribution >= 4 is 23.0 Å². The maximum absolute atomic E-state index is 12.9. The van der Waals surface area contributed by atoms with Crippen LogP contribution >= 0.6 is 0 Å². The molecule has 1 aromatic heterocycles. The van der Waals surface area contributed by atoms with E-state index < -0.39 is 11.8 Å². The van der Waals surface area contributed by atoms with Gasteiger partial charge in [-0.25, -0.2) is 4.79 Å². The molecule has 0 saturated carbocycles. The monoisotopic (exact) mass is 471 g/mol. The highest BCUT2D eigenvalue weighted by Crippen LogP contribution is 2.19. The van der Waals surface area contributed by atoms with Gasteiger partial charge in [0.15, 0.2) is 0 Å². The standard InChI is InChI=1S/C25H37N5O4/c1-25(2,3)33-24(32)34-29-17-15-27(16-18-29)13-14-28-11-6-8-21(19-28)23(31)26-30-12-10-20-7-4-5-9-22(20)30/h4-5,7,9-10,12,21H,6,8,11,13-19H2,1-3H3,(H,26,31). The molecule has 0 bridgehead atoms. The fourth-order valence-corrected chi connectivity index (χ4v) is 4.56. The van der Waals surface area contributed by atoms with Crippen LogP contribution in [0, 0.1) is 5.92 Å². The first-order valence-electron chi connectivity index (χ1n) is 12.2. The number of fused-ring (bicyclic) bond motifs is 1. The van der Waals surface area contributed by atoms with Crippen molar-refractivity contribution in [2.75, 3.05) is 57.8 Å². The highest BCUT2D eigenvalue weighted by molar-refractivity contribution is 5.89. The number of piperazine rings is 1. The minimum Gasteiger partial charge on any atom is -0.427 e. The van der Waals surface area contributed by atoms with Crippen LogP contribution in [0.2, 0.25) is 0 Å². The Morgan fingerprint density at radius 1 is 1.00 bits per heavy atom. The summed E-state index contributed by atoms with van der Waals surface area (Å²) in [4.78, 5) is 34.9. The summed E-state index contributed by atoms with van der Waals surface area (Å²) in [6.45, 7) is 12.1. The quantitative estimate of drug-likeness (QED) is 0.649. The summed E-state index contributed by atoms with van der Waals surface area (Å²) < 4.78 is 7.05. The Hall–Kier alpha value is -2.62. The number of rotatable bonds is 6. The topological polar surface area (TPSA) is 79.3 Å². The number of hydrogen-bond acceptors (Lipinski definition) is 7. The predicted octanol–water partition coefficient (Wildman–Crippen LogP) is 2.91. The molecule has 9 nitrogen and oxygen atoms in total. The highest BCUT2D eigenvalue weighted by atomic mass is 16.8. The predicted molar refractivity (Wildman–Crippen MR) is 131 cm³/mol. The third-order valence-corrected chi connectivity index (χ3v) is 6.36. The van der Waals surface area contributed by atoms with E-state index in [2.05, 4.69) is 15.2 Å². The Morgan fingerprint density at radius 3 is 2.50 bits per heavy atom. The van der Waals surface area contributed by atoms with Crippen LogP contribution in [-0.4, -0.2) is 89.6 Å². The average Bonchev–Trinajstić information content (AvgIpc) is 3.20. The molecule has 1 aromatic carbocycles. The van der Waals surface area contributed by atoms with E-state index in [1.165, 1.54) is 0 Å². The molecule has 1 N–H and O–H groups in total. The number of piperidine rings is 1. The molecule has 186 valence electrons. The second kappa shape index (κ2) is 10.8. The minimum atomic E-state index is -0.647. The fourth-order valence-electron chi connectivity index (χ4n) is 4.56. The van der Waals surface area contributed by atoms with Crippen molar-refractivity contribution in [1.29, 1.82) is 0 Å². The first-order valence-corrected chi connectivity index (χ1v) is 12.2. The molecule has 2 saturated heterocycles. The molecular formula is C25H37N5O4. The Morgan fingerprint density at radius 2 is 1.74 bits per heavy atom. The lowest BCUT2D eigenvalue weighted by Crippen LogP contribution is -2.50. The summed E-state index contributed by atoms with van der Waals surface area (Å²) in [5, 5.41) is 2.79. The molecule has 1 atom stereocenters. The summed E-state index contributed by atoms with van der Waals surface area (Å²) in [6, 6.07) is 10.1. The molecule has 1 unspecified atom stereocenters. The number of carbonyl (C=O) groups is 2. The number of hydroxylamine groups is 2. The van der Waals surface area contributed by atoms with E-state index in [0.29, 0.717) is 13.1 Å². The van der Waals surface area contributed by atoms with Crippen molar-refractivity contribution in [2.24, 2.45) is 5.92 Å². The van der Waals surface area contributed by atoms with Gasteiger partial charge in [-0.1, -0.05) is 18.2 Å². The van der Waals surface area contributed by atoms with Crippen LogP contribution in [0.4, 0.5) is 4.79 Å². The average molecular weight is 472 g/mol. The molecule has 2 fully saturated rings. The molecular weight excluding hydrogens is 434 g/mol. The van der Waals surface area contributed by atoms with Crippen LogP contribution in [-0.2, 0) is 14.4 Å². The molecule has 34 heavy (non-hydrogen) atoms. The van der Waals surface area contributed by atoms with Crippen LogP contribution in [0.1, 0.15) is 33.6 Å². The van der Waals surface area contributed by atoms with Crippen molar-refractivity contribution < 1.29 is 19.2 Å². The first-order chi connectivity index (χ1) is 16.3. The number of likely N-dealkylation sites (tertiary alicyclic amines) is 1. The third kappa shape index (κ3) is 6.71. The van der Waals surface area contributed by atoms with E-state index in [-0.39, 0.29) is 11.8 Å². The molecule has 0 radical (unpaired) electrons. The number of amides is 1. The van der Waals surface area contributed by atoms with Gasteiger partial charge in [-0.05, 0) is 52.3 Å². The van der Waals surface area contributed by atoms with E-state index >= 15 is 0 Å². The zero-order chi connectivity index (χ0) is 24.1. The number of nitrogens with one attached hydrogen (secondary N) is 1. The Bertz CT molecular complexity index is 977. The minimum absolute atomic E-state index is 0.00557. The second-order valence-corrected chi connectivity index (χ2v) is 10.2. The molecule has 2 aliphatic heterocycles. The van der Waals surface area contributed by atoms with Gasteiger partial charge in [0.2, 0.25) is 5.91 Å². The Labute approximate surface area is 201 Å². The molecule has 0 spiro atoms. The normalized spacial score (nSPS) is 20.9. The number of nitrogens with zero attached hydrogens (tertiary/aromatic N) is 4. The van der Waals surface area contributed by atoms with Gasteiger partial charge in [-0.15, -0.1) is 5.06 Å². The molecule has 9 heteroatoms. The van der Waals surface area contributed by atoms with E-state index in [1.807, 2.05) is 62.0 Å². The number of carbonyl (C=O) groups excluding carboxylic acids is 2. The van der Waals surface area contributed by atoms with Crippen molar-refractivity contribution in [3.63, 3.8) is 0 Å². The van der Waals surface area contributed by atoms with Gasteiger partial charge < -0.3 is 14.5 Å². The fraction of sp³-hybridized carbons (Fsp3) is 0.600. The number of aromatic nitrogens is 1. The smallest absolute Gasteiger partial charge is 0.427 e. The molecule has 1 amide bonds. The summed E-state index contributed by atoms with van der Waals surface area (Å²) in [5.74, 6) is 0.0768. The van der Waals surface area contributed by atoms with Crippen molar-refractivity contribution in [3.8, 4) is 0 Å². The van der Waals surface area contributed by atoms with Crippen LogP contribution in [0.3, 0.4) is 0 Å². The summed E-state index contributed by atoms with van der Waals surface area (Å²) in [5.41, 5.74) is 3.53. The molecule has 0 aliphatic carbocycles. The van der Waals surface area contributed by atoms with Gasteiger partial charge in [0.05, 0.1) is 11.4 Å². The van der Waals surface area contributed by atoms with Crippen molar-refractivity contribution in [1.82, 2.24) is 19.5 Å². The zero-order valence-electron chi connectivity index (χ0n) is 20.5. The van der Waals surface area contributed by atoms with E-state index in [9.17, 15) is 9.59 Å². The van der Waals surface area contributed by atoms with Crippen LogP contribution < -0.4 is 5.43 Å². The Kier molecular flexibility index (Phi) is 7.75. The largest absolute Gasteiger partial charge is 0.528 e. The summed E-state index contributed by atoms with van der Waals surface area (Å²) in [7, 11) is 0. The van der Waals surface area contributed by atoms with Crippen LogP contribution in [0.5, 0.6) is 0 Å². The van der Waals surface area contributed by atoms with E-state index in [4.69, 9.17) is 9.57 Å². The number of ether oxygens (including phenoxy) is 1. The van der Waals surface area contributed by atoms with Crippen molar-refractivity contribution in [2.45, 2.75) is 39.2 Å². The van der Waals surface area contributed by atoms with Crippen molar-refractivity contribution in [3.05, 3.63) is 36.5 Å². The van der Waals surface area contributed by atoms with E-state index in [1.54, 1.807) is 5.06 Å². The zero-order valence-corrected chi connectivity index (χ0v) is 20.5. The highest BCUT2D eigenvalue weighted by Gasteiger charge is 2.28. The second-order valence-electron chi connectivity index (χ2n) is 10.2. The van der Waals surface area contributed by atoms with Gasteiger partial charge in [0.25, 0.3) is 0 Å². The summed E-state index contributed by atoms with van der Waals surface area (Å²) in [6.07, 6.45) is 3.21. The van der Waals surface area contributed by atoms with Gasteiger partial charge in [-0.3, -0.25) is 19.8 Å². The number of para-hydroxylation sites is 1. The number of benzene rings is 1. The maximum Gasteiger partial charge on any atom is 0.528 e. The van der Waals surface area contributed by atoms with Crippen LogP contribution in [0.25, 0.3) is 10.9 Å². The number of hydrogen-bond donors (Lipinski definition) is 1. The Balaban J connectivity index is 1.18. The first kappa shape index (κ1) is 24.5. The van der Waals surface area contributed by atoms with Gasteiger partial charge >= 0.3 is 6.16 Å². The molecule has 3 heterocycles. The van der Waals surface area contributed by atoms with Gasteiger partial charge in [0.1, 0.15) is 5.60 Å². The SMILES string of the molecule is CC(C)(C)OC(=O)ON1CCN(CCN2CCCC(C(=O)Nn3ccc4ccccc43)C2)CC1. The molecule has 4 rings (SSSR count). The third-order valence-electron chi connectivity index (χ3n) is 6.36.